The number of halogens is 1. The zero-order chi connectivity index (χ0) is 16.1. The first-order valence-corrected chi connectivity index (χ1v) is 8.39. The van der Waals surface area contributed by atoms with Crippen molar-refractivity contribution in [1.82, 2.24) is 10.3 Å². The van der Waals surface area contributed by atoms with E-state index in [1.807, 2.05) is 6.07 Å². The molecule has 1 unspecified atom stereocenters. The van der Waals surface area contributed by atoms with Crippen molar-refractivity contribution in [2.75, 3.05) is 0 Å². The summed E-state index contributed by atoms with van der Waals surface area (Å²) in [5.41, 5.74) is 2.05. The van der Waals surface area contributed by atoms with Crippen LogP contribution in [-0.2, 0) is 0 Å². The van der Waals surface area contributed by atoms with E-state index < -0.39 is 10.4 Å². The molecular formula is C17H12FN3OS. The predicted molar refractivity (Wildman–Crippen MR) is 89.5 cm³/mol. The highest BCUT2D eigenvalue weighted by Crippen LogP contribution is 2.59. The van der Waals surface area contributed by atoms with Crippen molar-refractivity contribution < 1.29 is 8.68 Å². The average molecular weight is 325 g/mol. The Morgan fingerprint density at radius 2 is 2.00 bits per heavy atom. The number of carbonyl (C=O) groups excluding carboxylic acids is 1. The third-order valence-corrected chi connectivity index (χ3v) is 4.97. The summed E-state index contributed by atoms with van der Waals surface area (Å²) in [5, 5.41) is 3.83. The number of amides is 1. The molecule has 2 aromatic rings. The number of aromatic nitrogens is 1. The van der Waals surface area contributed by atoms with Crippen LogP contribution < -0.4 is 5.32 Å². The largest absolute Gasteiger partial charge is 0.281 e. The molecule has 1 aromatic heterocycles. The molecule has 1 N–H and O–H groups in total. The van der Waals surface area contributed by atoms with Gasteiger partial charge in [-0.2, -0.15) is 3.89 Å². The van der Waals surface area contributed by atoms with Crippen LogP contribution in [0.25, 0.3) is 0 Å². The van der Waals surface area contributed by atoms with Gasteiger partial charge in [0.05, 0.1) is 5.55 Å². The van der Waals surface area contributed by atoms with E-state index in [1.165, 1.54) is 17.2 Å². The number of allylic oxidation sites excluding steroid dienone is 1. The molecule has 0 aliphatic carbocycles. The Labute approximate surface area is 134 Å². The SMILES string of the molecule is O=C(NC#CC1=CS(F)(c2cccnc2)C=N1)c1ccccc1. The van der Waals surface area contributed by atoms with Crippen molar-refractivity contribution in [2.24, 2.45) is 4.99 Å². The van der Waals surface area contributed by atoms with E-state index in [1.54, 1.807) is 42.6 Å². The molecular weight excluding hydrogens is 313 g/mol. The molecule has 0 bridgehead atoms. The topological polar surface area (TPSA) is 54.4 Å². The number of benzene rings is 1. The molecule has 0 radical (unpaired) electrons. The number of aliphatic imine (C=N–C) groups is 1. The molecule has 0 saturated carbocycles. The Kier molecular flexibility index (Phi) is 4.22. The monoisotopic (exact) mass is 325 g/mol. The first-order chi connectivity index (χ1) is 11.2. The van der Waals surface area contributed by atoms with E-state index in [9.17, 15) is 8.68 Å². The zero-order valence-electron chi connectivity index (χ0n) is 11.9. The number of pyridine rings is 1. The van der Waals surface area contributed by atoms with Crippen molar-refractivity contribution in [2.45, 2.75) is 4.90 Å². The molecule has 0 saturated heterocycles. The van der Waals surface area contributed by atoms with Crippen LogP contribution in [0, 0.1) is 12.0 Å². The molecule has 1 amide bonds. The summed E-state index contributed by atoms with van der Waals surface area (Å²) in [6.45, 7) is 0. The van der Waals surface area contributed by atoms with Gasteiger partial charge in [0.1, 0.15) is 5.70 Å². The van der Waals surface area contributed by atoms with E-state index in [0.29, 0.717) is 16.2 Å². The number of carbonyl (C=O) groups is 1. The molecule has 2 heterocycles. The molecule has 0 fully saturated rings. The third-order valence-electron chi connectivity index (χ3n) is 3.03. The van der Waals surface area contributed by atoms with Gasteiger partial charge in [-0.25, -0.2) is 4.99 Å². The van der Waals surface area contributed by atoms with Gasteiger partial charge in [0.15, 0.2) is 0 Å². The average Bonchev–Trinajstić information content (AvgIpc) is 2.99. The second-order valence-electron chi connectivity index (χ2n) is 4.62. The van der Waals surface area contributed by atoms with Crippen LogP contribution in [0.2, 0.25) is 0 Å². The summed E-state index contributed by atoms with van der Waals surface area (Å²) in [5.74, 6) is 2.34. The molecule has 6 heteroatoms. The van der Waals surface area contributed by atoms with Crippen LogP contribution in [0.15, 0.2) is 75.9 Å². The fourth-order valence-electron chi connectivity index (χ4n) is 1.89. The summed E-state index contributed by atoms with van der Waals surface area (Å²) in [7, 11) is -2.77. The Morgan fingerprint density at radius 3 is 2.74 bits per heavy atom. The highest BCUT2D eigenvalue weighted by atomic mass is 32.3. The first-order valence-electron chi connectivity index (χ1n) is 6.73. The van der Waals surface area contributed by atoms with Gasteiger partial charge >= 0.3 is 0 Å². The fourth-order valence-corrected chi connectivity index (χ4v) is 3.43. The lowest BCUT2D eigenvalue weighted by molar-refractivity contribution is 0.0973. The van der Waals surface area contributed by atoms with Gasteiger partial charge in [-0.3, -0.25) is 15.1 Å². The number of hydrogen-bond acceptors (Lipinski definition) is 3. The second kappa shape index (κ2) is 6.46. The van der Waals surface area contributed by atoms with Gasteiger partial charge in [0.25, 0.3) is 5.91 Å². The van der Waals surface area contributed by atoms with E-state index in [4.69, 9.17) is 0 Å². The Balaban J connectivity index is 1.70. The van der Waals surface area contributed by atoms with Gasteiger partial charge in [-0.05, 0) is 40.6 Å². The van der Waals surface area contributed by atoms with E-state index in [2.05, 4.69) is 27.3 Å². The van der Waals surface area contributed by atoms with Crippen molar-refractivity contribution in [3.05, 3.63) is 71.5 Å². The van der Waals surface area contributed by atoms with Crippen LogP contribution in [0.4, 0.5) is 3.89 Å². The summed E-state index contributed by atoms with van der Waals surface area (Å²) >= 11 is 0. The van der Waals surface area contributed by atoms with E-state index in [-0.39, 0.29) is 5.91 Å². The van der Waals surface area contributed by atoms with E-state index >= 15 is 0 Å². The minimum Gasteiger partial charge on any atom is -0.281 e. The molecule has 114 valence electrons. The third kappa shape index (κ3) is 3.47. The van der Waals surface area contributed by atoms with Gasteiger partial charge in [0.2, 0.25) is 0 Å². The van der Waals surface area contributed by atoms with Crippen molar-refractivity contribution in [1.29, 1.82) is 0 Å². The summed E-state index contributed by atoms with van der Waals surface area (Å²) in [6.07, 6.45) is 3.06. The molecule has 4 nitrogen and oxygen atoms in total. The van der Waals surface area contributed by atoms with Crippen molar-refractivity contribution >= 4 is 21.9 Å². The lowest BCUT2D eigenvalue weighted by Gasteiger charge is -2.17. The van der Waals surface area contributed by atoms with Gasteiger partial charge < -0.3 is 0 Å². The van der Waals surface area contributed by atoms with Gasteiger partial charge in [0, 0.05) is 34.3 Å². The van der Waals surface area contributed by atoms with Crippen LogP contribution in [-0.4, -0.2) is 16.4 Å². The van der Waals surface area contributed by atoms with Gasteiger partial charge in [-0.1, -0.05) is 18.2 Å². The lowest BCUT2D eigenvalue weighted by Crippen LogP contribution is -2.17. The molecule has 1 atom stereocenters. The van der Waals surface area contributed by atoms with Crippen LogP contribution in [0.5, 0.6) is 0 Å². The number of nitrogens with one attached hydrogen (secondary N) is 1. The number of nitrogens with zero attached hydrogens (tertiary/aromatic N) is 2. The second-order valence-corrected chi connectivity index (χ2v) is 6.80. The normalized spacial score (nSPS) is 21.5. The molecule has 1 aromatic carbocycles. The lowest BCUT2D eigenvalue weighted by atomic mass is 10.2. The standard InChI is InChI=1S/C17H12FN3OS/c18-23(16-7-4-9-19-11-16)12-15(21-13-23)8-10-20-17(22)14-5-2-1-3-6-14/h1-7,9,11-13H,(H,20,22). The minimum absolute atomic E-state index is 0.291. The van der Waals surface area contributed by atoms with Crippen molar-refractivity contribution in [3.8, 4) is 12.0 Å². The molecule has 0 spiro atoms. The molecule has 3 rings (SSSR count). The van der Waals surface area contributed by atoms with E-state index in [0.717, 1.165) is 0 Å². The molecule has 1 aliphatic rings. The van der Waals surface area contributed by atoms with Crippen LogP contribution >= 0.6 is 10.4 Å². The fraction of sp³-hybridized carbons (Fsp3) is 0. The van der Waals surface area contributed by atoms with Crippen molar-refractivity contribution in [3.63, 3.8) is 0 Å². The maximum absolute atomic E-state index is 14.8. The number of hydrogen-bond donors (Lipinski definition) is 1. The maximum Gasteiger partial charge on any atom is 0.262 e. The number of rotatable bonds is 2. The van der Waals surface area contributed by atoms with Crippen LogP contribution in [0.1, 0.15) is 10.4 Å². The minimum atomic E-state index is -2.77. The van der Waals surface area contributed by atoms with Crippen LogP contribution in [0.3, 0.4) is 0 Å². The predicted octanol–water partition coefficient (Wildman–Crippen LogP) is 3.40. The first kappa shape index (κ1) is 15.0. The maximum atomic E-state index is 14.8. The molecule has 23 heavy (non-hydrogen) atoms. The summed E-state index contributed by atoms with van der Waals surface area (Å²) in [6, 6.07) is 14.6. The Hall–Kier alpha value is -2.91. The highest BCUT2D eigenvalue weighted by molar-refractivity contribution is 8.42. The zero-order valence-corrected chi connectivity index (χ0v) is 12.8. The summed E-state index contributed by atoms with van der Waals surface area (Å²) < 4.78 is 14.8. The quantitative estimate of drug-likeness (QED) is 0.679. The molecule has 1 aliphatic heterocycles. The summed E-state index contributed by atoms with van der Waals surface area (Å²) in [4.78, 5) is 20.2. The van der Waals surface area contributed by atoms with Gasteiger partial charge in [-0.15, -0.1) is 0 Å². The highest BCUT2D eigenvalue weighted by Gasteiger charge is 2.26. The Morgan fingerprint density at radius 1 is 1.17 bits per heavy atom. The Bertz CT molecular complexity index is 840. The smallest absolute Gasteiger partial charge is 0.262 e.